The first-order valence-corrected chi connectivity index (χ1v) is 8.25. The number of halogens is 1. The normalized spacial score (nSPS) is 19.4. The summed E-state index contributed by atoms with van der Waals surface area (Å²) in [5.41, 5.74) is 1.18. The third-order valence-electron chi connectivity index (χ3n) is 3.93. The lowest BCUT2D eigenvalue weighted by Gasteiger charge is -2.31. The molecule has 0 spiro atoms. The van der Waals surface area contributed by atoms with Crippen LogP contribution in [0.1, 0.15) is 51.1 Å². The number of nitrogens with zero attached hydrogens (tertiary/aromatic N) is 1. The zero-order valence-corrected chi connectivity index (χ0v) is 13.7. The number of amides is 2. The van der Waals surface area contributed by atoms with Crippen LogP contribution in [0.2, 0.25) is 5.02 Å². The Morgan fingerprint density at radius 1 is 1.29 bits per heavy atom. The Morgan fingerprint density at radius 3 is 2.67 bits per heavy atom. The van der Waals surface area contributed by atoms with Crippen LogP contribution in [0.3, 0.4) is 0 Å². The molecule has 1 heterocycles. The summed E-state index contributed by atoms with van der Waals surface area (Å²) in [5.74, 6) is 0.468. The molecule has 0 unspecified atom stereocenters. The first-order valence-electron chi connectivity index (χ1n) is 7.88. The average Bonchev–Trinajstić information content (AvgIpc) is 2.71. The fraction of sp³-hybridized carbons (Fsp3) is 0.588. The van der Waals surface area contributed by atoms with Gasteiger partial charge in [0, 0.05) is 18.1 Å². The van der Waals surface area contributed by atoms with Gasteiger partial charge in [0.05, 0.1) is 6.04 Å². The number of nitrogens with one attached hydrogen (secondary N) is 1. The number of hydrogen-bond acceptors (Lipinski definition) is 1. The Morgan fingerprint density at radius 2 is 2.00 bits per heavy atom. The highest BCUT2D eigenvalue weighted by atomic mass is 35.5. The smallest absolute Gasteiger partial charge is 0.317 e. The number of benzene rings is 1. The van der Waals surface area contributed by atoms with E-state index in [0.29, 0.717) is 5.92 Å². The molecule has 0 bridgehead atoms. The monoisotopic (exact) mass is 308 g/mol. The van der Waals surface area contributed by atoms with Crippen LogP contribution in [0.5, 0.6) is 0 Å². The third kappa shape index (κ3) is 4.63. The van der Waals surface area contributed by atoms with Gasteiger partial charge in [-0.25, -0.2) is 4.79 Å². The molecule has 1 aromatic carbocycles. The summed E-state index contributed by atoms with van der Waals surface area (Å²) in [7, 11) is 0. The van der Waals surface area contributed by atoms with E-state index in [9.17, 15) is 4.79 Å². The molecule has 1 saturated heterocycles. The van der Waals surface area contributed by atoms with Crippen molar-refractivity contribution in [2.45, 2.75) is 45.6 Å². The molecule has 0 radical (unpaired) electrons. The van der Waals surface area contributed by atoms with Gasteiger partial charge in [-0.3, -0.25) is 0 Å². The maximum absolute atomic E-state index is 12.5. The van der Waals surface area contributed by atoms with Crippen LogP contribution in [-0.4, -0.2) is 24.0 Å². The number of urea groups is 1. The van der Waals surface area contributed by atoms with E-state index >= 15 is 0 Å². The Kier molecular flexibility index (Phi) is 5.92. The van der Waals surface area contributed by atoms with Crippen molar-refractivity contribution in [1.82, 2.24) is 10.2 Å². The number of hydrogen-bond donors (Lipinski definition) is 1. The molecule has 3 nitrogen and oxygen atoms in total. The highest BCUT2D eigenvalue weighted by Crippen LogP contribution is 2.30. The van der Waals surface area contributed by atoms with Crippen LogP contribution < -0.4 is 5.32 Å². The van der Waals surface area contributed by atoms with Crippen molar-refractivity contribution in [3.63, 3.8) is 0 Å². The van der Waals surface area contributed by atoms with Crippen LogP contribution in [0.25, 0.3) is 0 Å². The largest absolute Gasteiger partial charge is 0.338 e. The van der Waals surface area contributed by atoms with E-state index in [4.69, 9.17) is 11.6 Å². The average molecular weight is 309 g/mol. The molecule has 0 saturated carbocycles. The van der Waals surface area contributed by atoms with E-state index in [1.54, 1.807) is 0 Å². The Labute approximate surface area is 132 Å². The van der Waals surface area contributed by atoms with Crippen molar-refractivity contribution >= 4 is 17.6 Å². The zero-order valence-electron chi connectivity index (χ0n) is 12.9. The van der Waals surface area contributed by atoms with Crippen molar-refractivity contribution in [3.05, 3.63) is 34.9 Å². The molecular weight excluding hydrogens is 284 g/mol. The van der Waals surface area contributed by atoms with Crippen molar-refractivity contribution in [2.24, 2.45) is 5.92 Å². The quantitative estimate of drug-likeness (QED) is 0.868. The Balaban J connectivity index is 2.13. The number of likely N-dealkylation sites (tertiary alicyclic amines) is 1. The molecule has 1 aliphatic heterocycles. The number of carbonyl (C=O) groups excluding carboxylic acids is 1. The molecule has 1 N–H and O–H groups in total. The second kappa shape index (κ2) is 7.69. The van der Waals surface area contributed by atoms with E-state index in [1.165, 1.54) is 18.4 Å². The predicted molar refractivity (Wildman–Crippen MR) is 87.6 cm³/mol. The topological polar surface area (TPSA) is 32.3 Å². The molecule has 116 valence electrons. The SMILES string of the molecule is CC(C)CNC(=O)N1CCCCC[C@H]1c1ccc(Cl)cc1. The molecule has 0 aliphatic carbocycles. The minimum Gasteiger partial charge on any atom is -0.338 e. The van der Waals surface area contributed by atoms with Gasteiger partial charge in [-0.05, 0) is 36.5 Å². The van der Waals surface area contributed by atoms with Crippen molar-refractivity contribution in [3.8, 4) is 0 Å². The van der Waals surface area contributed by atoms with Crippen molar-refractivity contribution < 1.29 is 4.79 Å². The molecule has 1 aliphatic rings. The van der Waals surface area contributed by atoms with Gasteiger partial charge in [0.15, 0.2) is 0 Å². The fourth-order valence-corrected chi connectivity index (χ4v) is 2.90. The van der Waals surface area contributed by atoms with Crippen LogP contribution in [0.4, 0.5) is 4.79 Å². The first kappa shape index (κ1) is 16.2. The van der Waals surface area contributed by atoms with Gasteiger partial charge in [-0.2, -0.15) is 0 Å². The van der Waals surface area contributed by atoms with E-state index < -0.39 is 0 Å². The van der Waals surface area contributed by atoms with Crippen molar-refractivity contribution in [1.29, 1.82) is 0 Å². The van der Waals surface area contributed by atoms with Gasteiger partial charge in [-0.15, -0.1) is 0 Å². The van der Waals surface area contributed by atoms with Crippen LogP contribution in [0.15, 0.2) is 24.3 Å². The Hall–Kier alpha value is -1.22. The summed E-state index contributed by atoms with van der Waals surface area (Å²) >= 11 is 5.97. The Bertz CT molecular complexity index is 458. The second-order valence-electron chi connectivity index (χ2n) is 6.19. The summed E-state index contributed by atoms with van der Waals surface area (Å²) in [6.07, 6.45) is 4.47. The molecular formula is C17H25ClN2O. The van der Waals surface area contributed by atoms with Gasteiger partial charge in [0.1, 0.15) is 0 Å². The van der Waals surface area contributed by atoms with Gasteiger partial charge < -0.3 is 10.2 Å². The third-order valence-corrected chi connectivity index (χ3v) is 4.18. The summed E-state index contributed by atoms with van der Waals surface area (Å²) in [6, 6.07) is 8.13. The summed E-state index contributed by atoms with van der Waals surface area (Å²) < 4.78 is 0. The minimum atomic E-state index is 0.0607. The van der Waals surface area contributed by atoms with Crippen LogP contribution >= 0.6 is 11.6 Å². The highest BCUT2D eigenvalue weighted by Gasteiger charge is 2.26. The van der Waals surface area contributed by atoms with Gasteiger partial charge in [-0.1, -0.05) is 50.4 Å². The van der Waals surface area contributed by atoms with E-state index in [0.717, 1.165) is 31.0 Å². The molecule has 21 heavy (non-hydrogen) atoms. The molecule has 2 amide bonds. The summed E-state index contributed by atoms with van der Waals surface area (Å²) in [6.45, 7) is 5.78. The zero-order chi connectivity index (χ0) is 15.2. The molecule has 0 aromatic heterocycles. The maximum atomic E-state index is 12.5. The molecule has 1 aromatic rings. The molecule has 1 fully saturated rings. The number of rotatable bonds is 3. The molecule has 2 rings (SSSR count). The van der Waals surface area contributed by atoms with Crippen molar-refractivity contribution in [2.75, 3.05) is 13.1 Å². The fourth-order valence-electron chi connectivity index (χ4n) is 2.78. The van der Waals surface area contributed by atoms with E-state index in [1.807, 2.05) is 29.2 Å². The lowest BCUT2D eigenvalue weighted by atomic mass is 10.0. The predicted octanol–water partition coefficient (Wildman–Crippen LogP) is 4.62. The summed E-state index contributed by atoms with van der Waals surface area (Å²) in [5, 5.41) is 3.79. The first-order chi connectivity index (χ1) is 10.1. The van der Waals surface area contributed by atoms with E-state index in [-0.39, 0.29) is 12.1 Å². The molecule has 1 atom stereocenters. The highest BCUT2D eigenvalue weighted by molar-refractivity contribution is 6.30. The van der Waals surface area contributed by atoms with Crippen LogP contribution in [0, 0.1) is 5.92 Å². The minimum absolute atomic E-state index is 0.0607. The van der Waals surface area contributed by atoms with Crippen LogP contribution in [-0.2, 0) is 0 Å². The van der Waals surface area contributed by atoms with Gasteiger partial charge in [0.2, 0.25) is 0 Å². The maximum Gasteiger partial charge on any atom is 0.317 e. The van der Waals surface area contributed by atoms with E-state index in [2.05, 4.69) is 19.2 Å². The lowest BCUT2D eigenvalue weighted by molar-refractivity contribution is 0.174. The van der Waals surface area contributed by atoms with Gasteiger partial charge >= 0.3 is 6.03 Å². The second-order valence-corrected chi connectivity index (χ2v) is 6.63. The van der Waals surface area contributed by atoms with Gasteiger partial charge in [0.25, 0.3) is 0 Å². The summed E-state index contributed by atoms with van der Waals surface area (Å²) in [4.78, 5) is 14.5. The number of carbonyl (C=O) groups is 1. The lowest BCUT2D eigenvalue weighted by Crippen LogP contribution is -2.43. The molecule has 4 heteroatoms. The standard InChI is InChI=1S/C17H25ClN2O/c1-13(2)12-19-17(21)20-11-5-3-4-6-16(20)14-7-9-15(18)10-8-14/h7-10,13,16H,3-6,11-12H2,1-2H3,(H,19,21)/t16-/m0/s1.